The van der Waals surface area contributed by atoms with E-state index in [0.717, 1.165) is 12.4 Å². The van der Waals surface area contributed by atoms with Gasteiger partial charge in [0.2, 0.25) is 5.95 Å². The Balaban J connectivity index is 2.00. The molecule has 1 aromatic heterocycles. The first-order valence-corrected chi connectivity index (χ1v) is 6.13. The molecule has 1 atom stereocenters. The zero-order valence-corrected chi connectivity index (χ0v) is 10.8. The Labute approximate surface area is 103 Å². The molecule has 1 aliphatic heterocycles. The van der Waals surface area contributed by atoms with Gasteiger partial charge in [-0.05, 0) is 32.5 Å². The summed E-state index contributed by atoms with van der Waals surface area (Å²) < 4.78 is 0. The van der Waals surface area contributed by atoms with Crippen molar-refractivity contribution in [2.75, 3.05) is 44.4 Å². The van der Waals surface area contributed by atoms with Crippen LogP contribution in [0.2, 0.25) is 0 Å². The van der Waals surface area contributed by atoms with Crippen LogP contribution in [0.5, 0.6) is 0 Å². The molecule has 1 fully saturated rings. The molecule has 5 heteroatoms. The monoisotopic (exact) mass is 235 g/mol. The van der Waals surface area contributed by atoms with E-state index in [4.69, 9.17) is 0 Å². The third kappa shape index (κ3) is 2.85. The summed E-state index contributed by atoms with van der Waals surface area (Å²) in [5.74, 6) is 1.65. The molecular weight excluding hydrogens is 214 g/mol. The molecule has 0 aliphatic carbocycles. The van der Waals surface area contributed by atoms with Crippen LogP contribution >= 0.6 is 0 Å². The fourth-order valence-electron chi connectivity index (χ4n) is 2.30. The van der Waals surface area contributed by atoms with Crippen molar-refractivity contribution in [3.05, 3.63) is 12.3 Å². The van der Waals surface area contributed by atoms with Crippen molar-refractivity contribution in [3.63, 3.8) is 0 Å². The molecule has 0 aromatic carbocycles. The van der Waals surface area contributed by atoms with Crippen molar-refractivity contribution < 1.29 is 0 Å². The minimum atomic E-state index is 0.646. The largest absolute Gasteiger partial charge is 0.358 e. The lowest BCUT2D eigenvalue weighted by molar-refractivity contribution is 0.314. The molecule has 2 heterocycles. The number of hydrogen-bond acceptors (Lipinski definition) is 5. The van der Waals surface area contributed by atoms with Gasteiger partial charge in [-0.15, -0.1) is 0 Å². The lowest BCUT2D eigenvalue weighted by Gasteiger charge is -2.26. The molecule has 2 rings (SSSR count). The number of nitrogens with zero attached hydrogens (tertiary/aromatic N) is 4. The van der Waals surface area contributed by atoms with Crippen LogP contribution in [-0.2, 0) is 0 Å². The lowest BCUT2D eigenvalue weighted by atomic mass is 10.2. The van der Waals surface area contributed by atoms with Crippen LogP contribution in [0.25, 0.3) is 0 Å². The van der Waals surface area contributed by atoms with Crippen molar-refractivity contribution in [3.8, 4) is 0 Å². The van der Waals surface area contributed by atoms with E-state index in [1.54, 1.807) is 6.20 Å². The Morgan fingerprint density at radius 3 is 3.06 bits per heavy atom. The average Bonchev–Trinajstić information content (AvgIpc) is 2.75. The van der Waals surface area contributed by atoms with Crippen LogP contribution in [-0.4, -0.2) is 55.1 Å². The second kappa shape index (κ2) is 5.31. The molecular formula is C12H21N5. The summed E-state index contributed by atoms with van der Waals surface area (Å²) in [5, 5.41) is 2.97. The van der Waals surface area contributed by atoms with Crippen LogP contribution in [0, 0.1) is 0 Å². The van der Waals surface area contributed by atoms with E-state index in [1.807, 2.05) is 13.1 Å². The van der Waals surface area contributed by atoms with E-state index < -0.39 is 0 Å². The van der Waals surface area contributed by atoms with Gasteiger partial charge in [-0.25, -0.2) is 4.98 Å². The summed E-state index contributed by atoms with van der Waals surface area (Å²) in [4.78, 5) is 13.2. The van der Waals surface area contributed by atoms with Gasteiger partial charge in [-0.3, -0.25) is 0 Å². The quantitative estimate of drug-likeness (QED) is 0.845. The molecule has 0 saturated carbocycles. The number of hydrogen-bond donors (Lipinski definition) is 1. The van der Waals surface area contributed by atoms with Crippen molar-refractivity contribution in [1.29, 1.82) is 0 Å². The Kier molecular flexibility index (Phi) is 3.78. The number of rotatable bonds is 4. The third-order valence-electron chi connectivity index (χ3n) is 3.41. The van der Waals surface area contributed by atoms with Crippen molar-refractivity contribution in [1.82, 2.24) is 14.9 Å². The highest BCUT2D eigenvalue weighted by atomic mass is 15.2. The normalized spacial score (nSPS) is 20.5. The molecule has 5 nitrogen and oxygen atoms in total. The predicted octanol–water partition coefficient (Wildman–Crippen LogP) is 1.05. The van der Waals surface area contributed by atoms with Gasteiger partial charge >= 0.3 is 0 Å². The summed E-state index contributed by atoms with van der Waals surface area (Å²) in [5.41, 5.74) is 0. The van der Waals surface area contributed by atoms with Gasteiger partial charge in [0, 0.05) is 32.9 Å². The minimum Gasteiger partial charge on any atom is -0.358 e. The molecule has 0 spiro atoms. The fraction of sp³-hybridized carbons (Fsp3) is 0.667. The fourth-order valence-corrected chi connectivity index (χ4v) is 2.30. The second-order valence-corrected chi connectivity index (χ2v) is 4.65. The number of nitrogens with one attached hydrogen (secondary N) is 1. The second-order valence-electron chi connectivity index (χ2n) is 4.65. The van der Waals surface area contributed by atoms with Gasteiger partial charge in [0.05, 0.1) is 0 Å². The molecule has 1 saturated heterocycles. The summed E-state index contributed by atoms with van der Waals surface area (Å²) in [6.45, 7) is 2.24. The molecule has 1 N–H and O–H groups in total. The van der Waals surface area contributed by atoms with E-state index in [1.165, 1.54) is 19.4 Å². The van der Waals surface area contributed by atoms with Crippen molar-refractivity contribution in [2.24, 2.45) is 0 Å². The number of likely N-dealkylation sites (N-methyl/N-ethyl adjacent to an activating group) is 2. The van der Waals surface area contributed by atoms with Crippen LogP contribution < -0.4 is 10.2 Å². The van der Waals surface area contributed by atoms with Crippen LogP contribution in [0.15, 0.2) is 12.3 Å². The standard InChI is InChI=1S/C12H21N5/c1-13-12-14-7-6-11(15-12)17(3)9-10-5-4-8-16(10)2/h6-7,10H,4-5,8-9H2,1-3H3,(H,13,14,15). The first-order chi connectivity index (χ1) is 8.20. The van der Waals surface area contributed by atoms with Gasteiger partial charge in [-0.2, -0.15) is 4.98 Å². The topological polar surface area (TPSA) is 44.3 Å². The highest BCUT2D eigenvalue weighted by molar-refractivity contribution is 5.41. The molecule has 0 radical (unpaired) electrons. The Morgan fingerprint density at radius 1 is 1.59 bits per heavy atom. The smallest absolute Gasteiger partial charge is 0.224 e. The van der Waals surface area contributed by atoms with E-state index >= 15 is 0 Å². The van der Waals surface area contributed by atoms with Crippen molar-refractivity contribution >= 4 is 11.8 Å². The van der Waals surface area contributed by atoms with Crippen LogP contribution in [0.1, 0.15) is 12.8 Å². The molecule has 94 valence electrons. The predicted molar refractivity (Wildman–Crippen MR) is 70.5 cm³/mol. The summed E-state index contributed by atoms with van der Waals surface area (Å²) in [6.07, 6.45) is 4.38. The Bertz CT molecular complexity index is 368. The molecule has 0 amide bonds. The van der Waals surface area contributed by atoms with Gasteiger partial charge in [0.1, 0.15) is 5.82 Å². The highest BCUT2D eigenvalue weighted by Gasteiger charge is 2.22. The van der Waals surface area contributed by atoms with Gasteiger partial charge in [-0.1, -0.05) is 0 Å². The maximum Gasteiger partial charge on any atom is 0.224 e. The number of anilines is 2. The Morgan fingerprint density at radius 2 is 2.41 bits per heavy atom. The van der Waals surface area contributed by atoms with Crippen molar-refractivity contribution in [2.45, 2.75) is 18.9 Å². The summed E-state index contributed by atoms with van der Waals surface area (Å²) >= 11 is 0. The van der Waals surface area contributed by atoms with Crippen LogP contribution in [0.3, 0.4) is 0 Å². The van der Waals surface area contributed by atoms with E-state index in [2.05, 4.69) is 39.2 Å². The third-order valence-corrected chi connectivity index (χ3v) is 3.41. The summed E-state index contributed by atoms with van der Waals surface area (Å²) in [7, 11) is 6.13. The molecule has 17 heavy (non-hydrogen) atoms. The minimum absolute atomic E-state index is 0.646. The molecule has 1 aliphatic rings. The zero-order valence-electron chi connectivity index (χ0n) is 10.8. The molecule has 1 unspecified atom stereocenters. The molecule has 0 bridgehead atoms. The Hall–Kier alpha value is -1.36. The maximum absolute atomic E-state index is 4.44. The zero-order chi connectivity index (χ0) is 12.3. The van der Waals surface area contributed by atoms with Gasteiger partial charge < -0.3 is 15.1 Å². The first-order valence-electron chi connectivity index (χ1n) is 6.13. The van der Waals surface area contributed by atoms with Crippen LogP contribution in [0.4, 0.5) is 11.8 Å². The average molecular weight is 235 g/mol. The first kappa shape index (κ1) is 12.1. The van der Waals surface area contributed by atoms with Gasteiger partial charge in [0.15, 0.2) is 0 Å². The SMILES string of the molecule is CNc1nccc(N(C)CC2CCCN2C)n1. The molecule has 1 aromatic rings. The maximum atomic E-state index is 4.44. The van der Waals surface area contributed by atoms with E-state index in [9.17, 15) is 0 Å². The number of aromatic nitrogens is 2. The highest BCUT2D eigenvalue weighted by Crippen LogP contribution is 2.18. The number of likely N-dealkylation sites (tertiary alicyclic amines) is 1. The summed E-state index contributed by atoms with van der Waals surface area (Å²) in [6, 6.07) is 2.60. The van der Waals surface area contributed by atoms with Gasteiger partial charge in [0.25, 0.3) is 0 Å². The van der Waals surface area contributed by atoms with E-state index in [0.29, 0.717) is 12.0 Å². The lowest BCUT2D eigenvalue weighted by Crippen LogP contribution is -2.37. The van der Waals surface area contributed by atoms with E-state index in [-0.39, 0.29) is 0 Å².